The zero-order chi connectivity index (χ0) is 14.5. The van der Waals surface area contributed by atoms with Crippen LogP contribution in [0.15, 0.2) is 12.5 Å². The van der Waals surface area contributed by atoms with Gasteiger partial charge in [-0.25, -0.2) is 4.98 Å². The maximum atomic E-state index is 8.84. The van der Waals surface area contributed by atoms with E-state index in [1.165, 1.54) is 64.2 Å². The van der Waals surface area contributed by atoms with Gasteiger partial charge in [-0.3, -0.25) is 0 Å². The second kappa shape index (κ2) is 14.6. The smallest absolute Gasteiger partial charge is 0.0950 e. The van der Waals surface area contributed by atoms with Crippen LogP contribution in [0.5, 0.6) is 0 Å². The molecule has 0 aliphatic carbocycles. The van der Waals surface area contributed by atoms with Gasteiger partial charge < -0.3 is 9.67 Å². The summed E-state index contributed by atoms with van der Waals surface area (Å²) in [6.07, 6.45) is 18.7. The largest absolute Gasteiger partial charge is 0.395 e. The van der Waals surface area contributed by atoms with E-state index in [0.717, 1.165) is 12.1 Å². The van der Waals surface area contributed by atoms with Crippen molar-refractivity contribution >= 4 is 17.0 Å². The highest BCUT2D eigenvalue weighted by Crippen LogP contribution is 2.11. The molecule has 0 saturated carbocycles. The predicted octanol–water partition coefficient (Wildman–Crippen LogP) is 4.92. The third kappa shape index (κ3) is 10.9. The van der Waals surface area contributed by atoms with Crippen molar-refractivity contribution in [1.82, 2.24) is 9.55 Å². The topological polar surface area (TPSA) is 38.0 Å². The summed E-state index contributed by atoms with van der Waals surface area (Å²) in [4.78, 5) is 4.36. The van der Waals surface area contributed by atoms with E-state index in [-0.39, 0.29) is 23.6 Å². The number of unbranched alkanes of at least 4 members (excludes halogenated alkanes) is 9. The second-order valence-electron chi connectivity index (χ2n) is 5.76. The lowest BCUT2D eigenvalue weighted by molar-refractivity contribution is 0.276. The van der Waals surface area contributed by atoms with E-state index < -0.39 is 0 Å². The van der Waals surface area contributed by atoms with Gasteiger partial charge in [0.2, 0.25) is 0 Å². The fraction of sp³-hybridized carbons (Fsp3) is 0.824. The fourth-order valence-corrected chi connectivity index (χ4v) is 2.57. The monoisotopic (exact) mass is 360 g/mol. The van der Waals surface area contributed by atoms with Gasteiger partial charge in [-0.2, -0.15) is 0 Å². The quantitative estimate of drug-likeness (QED) is 0.507. The molecule has 0 aliphatic rings. The number of aromatic nitrogens is 2. The highest BCUT2D eigenvalue weighted by molar-refractivity contribution is 8.93. The Morgan fingerprint density at radius 3 is 2.10 bits per heavy atom. The molecule has 1 aromatic heterocycles. The Hall–Kier alpha value is -0.350. The molecule has 0 unspecified atom stereocenters. The van der Waals surface area contributed by atoms with Crippen molar-refractivity contribution < 1.29 is 5.11 Å². The van der Waals surface area contributed by atoms with Crippen molar-refractivity contribution in [3.63, 3.8) is 0 Å². The number of hydrogen-bond acceptors (Lipinski definition) is 2. The van der Waals surface area contributed by atoms with E-state index in [0.29, 0.717) is 6.54 Å². The third-order valence-electron chi connectivity index (χ3n) is 3.83. The minimum atomic E-state index is 0. The van der Waals surface area contributed by atoms with Gasteiger partial charge in [0.05, 0.1) is 18.6 Å². The SMILES string of the molecule is Br.CCCCCCCCCCCCc1cn(CCO)cn1. The van der Waals surface area contributed by atoms with E-state index in [2.05, 4.69) is 18.1 Å². The van der Waals surface area contributed by atoms with Crippen LogP contribution in [0.1, 0.15) is 76.8 Å². The number of halogens is 1. The third-order valence-corrected chi connectivity index (χ3v) is 3.83. The molecule has 3 nitrogen and oxygen atoms in total. The van der Waals surface area contributed by atoms with E-state index >= 15 is 0 Å². The molecule has 4 heteroatoms. The molecule has 0 spiro atoms. The first kappa shape index (κ1) is 20.6. The number of nitrogens with zero attached hydrogens (tertiary/aromatic N) is 2. The Bertz CT molecular complexity index is 328. The first-order chi connectivity index (χ1) is 9.86. The Kier molecular flexibility index (Phi) is 14.3. The van der Waals surface area contributed by atoms with Crippen molar-refractivity contribution in [2.24, 2.45) is 0 Å². The van der Waals surface area contributed by atoms with Crippen LogP contribution in [-0.4, -0.2) is 21.3 Å². The van der Waals surface area contributed by atoms with Crippen LogP contribution in [0.25, 0.3) is 0 Å². The van der Waals surface area contributed by atoms with Crippen molar-refractivity contribution in [1.29, 1.82) is 0 Å². The van der Waals surface area contributed by atoms with Gasteiger partial charge in [0.1, 0.15) is 0 Å². The molecule has 0 saturated heterocycles. The summed E-state index contributed by atoms with van der Waals surface area (Å²) in [5.41, 5.74) is 1.16. The van der Waals surface area contributed by atoms with Crippen molar-refractivity contribution in [3.8, 4) is 0 Å². The minimum absolute atomic E-state index is 0. The van der Waals surface area contributed by atoms with E-state index in [9.17, 15) is 0 Å². The van der Waals surface area contributed by atoms with Gasteiger partial charge in [0, 0.05) is 12.7 Å². The molecule has 124 valence electrons. The Labute approximate surface area is 140 Å². The lowest BCUT2D eigenvalue weighted by Gasteiger charge is -2.01. The number of rotatable bonds is 13. The van der Waals surface area contributed by atoms with Gasteiger partial charge in [0.15, 0.2) is 0 Å². The molecule has 21 heavy (non-hydrogen) atoms. The number of hydrogen-bond donors (Lipinski definition) is 1. The zero-order valence-electron chi connectivity index (χ0n) is 13.6. The summed E-state index contributed by atoms with van der Waals surface area (Å²) < 4.78 is 1.96. The standard InChI is InChI=1S/C17H32N2O.BrH/c1-2-3-4-5-6-7-8-9-10-11-12-17-15-19(13-14-20)16-18-17;/h15-16,20H,2-14H2,1H3;1H. The second-order valence-corrected chi connectivity index (χ2v) is 5.76. The van der Waals surface area contributed by atoms with E-state index in [1.54, 1.807) is 0 Å². The summed E-state index contributed by atoms with van der Waals surface area (Å²) in [7, 11) is 0. The maximum Gasteiger partial charge on any atom is 0.0950 e. The average Bonchev–Trinajstić information content (AvgIpc) is 2.89. The molecule has 0 aromatic carbocycles. The molecular weight excluding hydrogens is 328 g/mol. The van der Waals surface area contributed by atoms with Crippen LogP contribution in [0.2, 0.25) is 0 Å². The van der Waals surface area contributed by atoms with E-state index in [1.807, 2.05) is 10.9 Å². The summed E-state index contributed by atoms with van der Waals surface area (Å²) in [6, 6.07) is 0. The lowest BCUT2D eigenvalue weighted by atomic mass is 10.1. The fourth-order valence-electron chi connectivity index (χ4n) is 2.57. The van der Waals surface area contributed by atoms with E-state index in [4.69, 9.17) is 5.11 Å². The Balaban J connectivity index is 0.00000400. The van der Waals surface area contributed by atoms with Crippen LogP contribution in [-0.2, 0) is 13.0 Å². The van der Waals surface area contributed by atoms with Crippen molar-refractivity contribution in [3.05, 3.63) is 18.2 Å². The number of aliphatic hydroxyl groups is 1. The summed E-state index contributed by atoms with van der Waals surface area (Å²) in [5.74, 6) is 0. The average molecular weight is 361 g/mol. The normalized spacial score (nSPS) is 10.6. The van der Waals surface area contributed by atoms with Gasteiger partial charge >= 0.3 is 0 Å². The van der Waals surface area contributed by atoms with Crippen LogP contribution in [0.4, 0.5) is 0 Å². The highest BCUT2D eigenvalue weighted by Gasteiger charge is 1.99. The molecule has 1 heterocycles. The van der Waals surface area contributed by atoms with Gasteiger partial charge in [-0.15, -0.1) is 17.0 Å². The molecular formula is C17H33BrN2O. The van der Waals surface area contributed by atoms with Crippen molar-refractivity contribution in [2.75, 3.05) is 6.61 Å². The molecule has 0 amide bonds. The molecule has 1 N–H and O–H groups in total. The van der Waals surface area contributed by atoms with Crippen LogP contribution < -0.4 is 0 Å². The molecule has 0 fully saturated rings. The number of aryl methyl sites for hydroxylation is 1. The van der Waals surface area contributed by atoms with Crippen LogP contribution in [0.3, 0.4) is 0 Å². The van der Waals surface area contributed by atoms with Gasteiger partial charge in [-0.05, 0) is 12.8 Å². The first-order valence-electron chi connectivity index (χ1n) is 8.48. The molecule has 0 bridgehead atoms. The van der Waals surface area contributed by atoms with Gasteiger partial charge in [-0.1, -0.05) is 64.7 Å². The van der Waals surface area contributed by atoms with Crippen molar-refractivity contribution in [2.45, 2.75) is 84.1 Å². The highest BCUT2D eigenvalue weighted by atomic mass is 79.9. The zero-order valence-corrected chi connectivity index (χ0v) is 15.3. The number of imidazole rings is 1. The lowest BCUT2D eigenvalue weighted by Crippen LogP contribution is -1.98. The Morgan fingerprint density at radius 1 is 0.952 bits per heavy atom. The van der Waals surface area contributed by atoms with Crippen LogP contribution >= 0.6 is 17.0 Å². The first-order valence-corrected chi connectivity index (χ1v) is 8.48. The Morgan fingerprint density at radius 2 is 1.52 bits per heavy atom. The molecule has 1 rings (SSSR count). The molecule has 0 aliphatic heterocycles. The predicted molar refractivity (Wildman–Crippen MR) is 95.2 cm³/mol. The molecule has 0 radical (unpaired) electrons. The van der Waals surface area contributed by atoms with Crippen LogP contribution in [0, 0.1) is 0 Å². The molecule has 1 aromatic rings. The maximum absolute atomic E-state index is 8.84. The van der Waals surface area contributed by atoms with Gasteiger partial charge in [0.25, 0.3) is 0 Å². The number of aliphatic hydroxyl groups excluding tert-OH is 1. The summed E-state index contributed by atoms with van der Waals surface area (Å²) in [6.45, 7) is 3.12. The minimum Gasteiger partial charge on any atom is -0.395 e. The summed E-state index contributed by atoms with van der Waals surface area (Å²) >= 11 is 0. The molecule has 0 atom stereocenters. The summed E-state index contributed by atoms with van der Waals surface area (Å²) in [5, 5.41) is 8.84.